The molecule has 0 aliphatic rings. The van der Waals surface area contributed by atoms with Crippen molar-refractivity contribution in [1.82, 2.24) is 4.90 Å². The molecule has 19 heavy (non-hydrogen) atoms. The van der Waals surface area contributed by atoms with Gasteiger partial charge in [0.2, 0.25) is 5.91 Å². The van der Waals surface area contributed by atoms with Gasteiger partial charge >= 0.3 is 0 Å². The Morgan fingerprint density at radius 3 is 2.42 bits per heavy atom. The summed E-state index contributed by atoms with van der Waals surface area (Å²) >= 11 is 5.80. The lowest BCUT2D eigenvalue weighted by molar-refractivity contribution is -0.138. The summed E-state index contributed by atoms with van der Waals surface area (Å²) in [7, 11) is 1.77. The third kappa shape index (κ3) is 4.75. The number of rotatable bonds is 6. The van der Waals surface area contributed by atoms with E-state index in [1.54, 1.807) is 11.9 Å². The number of amides is 1. The van der Waals surface area contributed by atoms with E-state index in [1.807, 2.05) is 45.0 Å². The summed E-state index contributed by atoms with van der Waals surface area (Å²) in [5.41, 5.74) is 0.670. The maximum Gasteiger partial charge on any atom is 0.229 e. The minimum atomic E-state index is -0.528. The minimum Gasteiger partial charge on any atom is -0.492 e. The fourth-order valence-corrected chi connectivity index (χ4v) is 1.72. The molecule has 1 aromatic carbocycles. The van der Waals surface area contributed by atoms with Crippen LogP contribution in [-0.2, 0) is 4.79 Å². The van der Waals surface area contributed by atoms with Gasteiger partial charge < -0.3 is 9.64 Å². The maximum absolute atomic E-state index is 12.1. The van der Waals surface area contributed by atoms with Gasteiger partial charge in [0.1, 0.15) is 12.4 Å². The van der Waals surface area contributed by atoms with Crippen molar-refractivity contribution in [3.63, 3.8) is 0 Å². The van der Waals surface area contributed by atoms with E-state index in [0.29, 0.717) is 19.0 Å². The second-order valence-corrected chi connectivity index (χ2v) is 5.67. The molecule has 0 aliphatic heterocycles. The Hall–Kier alpha value is -1.22. The van der Waals surface area contributed by atoms with Crippen LogP contribution in [0.25, 0.3) is 0 Å². The number of carbonyl (C=O) groups is 1. The Morgan fingerprint density at radius 1 is 1.32 bits per heavy atom. The largest absolute Gasteiger partial charge is 0.492 e. The highest BCUT2D eigenvalue weighted by Gasteiger charge is 2.29. The van der Waals surface area contributed by atoms with Gasteiger partial charge in [0, 0.05) is 12.9 Å². The average molecular weight is 284 g/mol. The van der Waals surface area contributed by atoms with E-state index in [-0.39, 0.29) is 5.91 Å². The molecule has 1 aromatic rings. The summed E-state index contributed by atoms with van der Waals surface area (Å²) < 4.78 is 5.60. The molecule has 0 N–H and O–H groups in total. The Labute approximate surface area is 120 Å². The second kappa shape index (κ2) is 6.80. The SMILES string of the molecule is Cc1ccc(OCCN(C)C(=O)C(C)(C)CCl)cc1. The topological polar surface area (TPSA) is 29.5 Å². The number of aryl methyl sites for hydroxylation is 1. The summed E-state index contributed by atoms with van der Waals surface area (Å²) in [6, 6.07) is 7.86. The maximum atomic E-state index is 12.1. The van der Waals surface area contributed by atoms with Crippen molar-refractivity contribution in [1.29, 1.82) is 0 Å². The minimum absolute atomic E-state index is 0.0370. The lowest BCUT2D eigenvalue weighted by atomic mass is 9.94. The molecule has 4 heteroatoms. The van der Waals surface area contributed by atoms with Gasteiger partial charge in [-0.1, -0.05) is 17.7 Å². The van der Waals surface area contributed by atoms with E-state index < -0.39 is 5.41 Å². The monoisotopic (exact) mass is 283 g/mol. The second-order valence-electron chi connectivity index (χ2n) is 5.41. The molecule has 0 atom stereocenters. The molecule has 0 aliphatic carbocycles. The molecule has 3 nitrogen and oxygen atoms in total. The van der Waals surface area contributed by atoms with Crippen molar-refractivity contribution in [2.75, 3.05) is 26.1 Å². The van der Waals surface area contributed by atoms with Crippen LogP contribution < -0.4 is 4.74 Å². The first-order valence-electron chi connectivity index (χ1n) is 6.38. The molecule has 0 unspecified atom stereocenters. The normalized spacial score (nSPS) is 11.2. The Kier molecular flexibility index (Phi) is 5.67. The van der Waals surface area contributed by atoms with Crippen LogP contribution in [0.15, 0.2) is 24.3 Å². The number of carbonyl (C=O) groups excluding carboxylic acids is 1. The van der Waals surface area contributed by atoms with Crippen molar-refractivity contribution >= 4 is 17.5 Å². The summed E-state index contributed by atoms with van der Waals surface area (Å²) in [6.07, 6.45) is 0. The molecule has 0 aromatic heterocycles. The average Bonchev–Trinajstić information content (AvgIpc) is 2.40. The van der Waals surface area contributed by atoms with Gasteiger partial charge in [0.05, 0.1) is 12.0 Å². The number of halogens is 1. The number of likely N-dealkylation sites (N-methyl/N-ethyl adjacent to an activating group) is 1. The summed E-state index contributed by atoms with van der Waals surface area (Å²) in [5.74, 6) is 1.17. The predicted octanol–water partition coefficient (Wildman–Crippen LogP) is 3.10. The molecule has 0 fully saturated rings. The number of benzene rings is 1. The van der Waals surface area contributed by atoms with Crippen LogP contribution in [0.4, 0.5) is 0 Å². The van der Waals surface area contributed by atoms with Crippen molar-refractivity contribution in [3.8, 4) is 5.75 Å². The van der Waals surface area contributed by atoms with Crippen LogP contribution in [0, 0.1) is 12.3 Å². The molecule has 0 spiro atoms. The third-order valence-corrected chi connectivity index (χ3v) is 3.64. The zero-order valence-corrected chi connectivity index (χ0v) is 12.8. The summed E-state index contributed by atoms with van der Waals surface area (Å²) in [6.45, 7) is 6.75. The highest BCUT2D eigenvalue weighted by Crippen LogP contribution is 2.20. The molecule has 106 valence electrons. The van der Waals surface area contributed by atoms with E-state index in [9.17, 15) is 4.79 Å². The summed E-state index contributed by atoms with van der Waals surface area (Å²) in [4.78, 5) is 13.7. The smallest absolute Gasteiger partial charge is 0.229 e. The van der Waals surface area contributed by atoms with Crippen LogP contribution >= 0.6 is 11.6 Å². The zero-order chi connectivity index (χ0) is 14.5. The predicted molar refractivity (Wildman–Crippen MR) is 78.8 cm³/mol. The highest BCUT2D eigenvalue weighted by atomic mass is 35.5. The molecule has 0 bridgehead atoms. The van der Waals surface area contributed by atoms with E-state index in [0.717, 1.165) is 5.75 Å². The molecule has 1 amide bonds. The molecule has 0 radical (unpaired) electrons. The quantitative estimate of drug-likeness (QED) is 0.751. The molecular formula is C15H22ClNO2. The van der Waals surface area contributed by atoms with Gasteiger partial charge in [-0.15, -0.1) is 11.6 Å². The molecule has 0 saturated heterocycles. The van der Waals surface area contributed by atoms with Gasteiger partial charge in [0.25, 0.3) is 0 Å². The lowest BCUT2D eigenvalue weighted by Gasteiger charge is -2.27. The number of nitrogens with zero attached hydrogens (tertiary/aromatic N) is 1. The number of alkyl halides is 1. The first kappa shape index (κ1) is 15.8. The molecular weight excluding hydrogens is 262 g/mol. The van der Waals surface area contributed by atoms with Crippen LogP contribution in [-0.4, -0.2) is 36.9 Å². The van der Waals surface area contributed by atoms with Crippen molar-refractivity contribution in [2.45, 2.75) is 20.8 Å². The van der Waals surface area contributed by atoms with E-state index in [4.69, 9.17) is 16.3 Å². The van der Waals surface area contributed by atoms with Crippen molar-refractivity contribution < 1.29 is 9.53 Å². The van der Waals surface area contributed by atoms with E-state index in [1.165, 1.54) is 5.56 Å². The Balaban J connectivity index is 2.40. The van der Waals surface area contributed by atoms with Crippen LogP contribution in [0.5, 0.6) is 5.75 Å². The van der Waals surface area contributed by atoms with Gasteiger partial charge in [-0.3, -0.25) is 4.79 Å². The third-order valence-electron chi connectivity index (χ3n) is 2.98. The van der Waals surface area contributed by atoms with Crippen LogP contribution in [0.3, 0.4) is 0 Å². The molecule has 1 rings (SSSR count). The standard InChI is InChI=1S/C15H22ClNO2/c1-12-5-7-13(8-6-12)19-10-9-17(4)14(18)15(2,3)11-16/h5-8H,9-11H2,1-4H3. The summed E-state index contributed by atoms with van der Waals surface area (Å²) in [5, 5.41) is 0. The highest BCUT2D eigenvalue weighted by molar-refractivity contribution is 6.19. The first-order valence-corrected chi connectivity index (χ1v) is 6.91. The van der Waals surface area contributed by atoms with Gasteiger partial charge in [-0.2, -0.15) is 0 Å². The Bertz CT molecular complexity index is 415. The van der Waals surface area contributed by atoms with E-state index >= 15 is 0 Å². The van der Waals surface area contributed by atoms with Crippen molar-refractivity contribution in [2.24, 2.45) is 5.41 Å². The number of hydrogen-bond donors (Lipinski definition) is 0. The van der Waals surface area contributed by atoms with Crippen LogP contribution in [0.1, 0.15) is 19.4 Å². The molecule has 0 heterocycles. The first-order chi connectivity index (χ1) is 8.86. The molecule has 0 saturated carbocycles. The van der Waals surface area contributed by atoms with Gasteiger partial charge in [0.15, 0.2) is 0 Å². The Morgan fingerprint density at radius 2 is 1.89 bits per heavy atom. The lowest BCUT2D eigenvalue weighted by Crippen LogP contribution is -2.41. The fourth-order valence-electron chi connectivity index (χ4n) is 1.61. The van der Waals surface area contributed by atoms with E-state index in [2.05, 4.69) is 0 Å². The van der Waals surface area contributed by atoms with Crippen molar-refractivity contribution in [3.05, 3.63) is 29.8 Å². The van der Waals surface area contributed by atoms with Gasteiger partial charge in [-0.05, 0) is 32.9 Å². The number of hydrogen-bond acceptors (Lipinski definition) is 2. The zero-order valence-electron chi connectivity index (χ0n) is 12.1. The fraction of sp³-hybridized carbons (Fsp3) is 0.533. The number of ether oxygens (including phenoxy) is 1. The van der Waals surface area contributed by atoms with Crippen LogP contribution in [0.2, 0.25) is 0 Å². The van der Waals surface area contributed by atoms with Gasteiger partial charge in [-0.25, -0.2) is 0 Å².